The molecule has 0 saturated carbocycles. The first-order chi connectivity index (χ1) is 18.5. The minimum atomic E-state index is -4.82. The summed E-state index contributed by atoms with van der Waals surface area (Å²) in [5.41, 5.74) is 2.50. The van der Waals surface area contributed by atoms with Crippen LogP contribution in [0.3, 0.4) is 0 Å². The van der Waals surface area contributed by atoms with Crippen LogP contribution in [-0.4, -0.2) is 56.0 Å². The summed E-state index contributed by atoms with van der Waals surface area (Å²) in [4.78, 5) is 1.10. The van der Waals surface area contributed by atoms with Crippen molar-refractivity contribution in [2.24, 2.45) is 0 Å². The fraction of sp³-hybridized carbons (Fsp3) is 0.310. The highest BCUT2D eigenvalue weighted by Gasteiger charge is 2.50. The number of hydrogen-bond acceptors (Lipinski definition) is 3. The molecule has 1 unspecified atom stereocenters. The van der Waals surface area contributed by atoms with E-state index in [1.54, 1.807) is 12.2 Å². The first kappa shape index (κ1) is 27.8. The molecule has 39 heavy (non-hydrogen) atoms. The minimum Gasteiger partial charge on any atom is -0.289 e. The smallest absolute Gasteiger partial charge is 0.289 e. The van der Waals surface area contributed by atoms with Crippen molar-refractivity contribution in [1.29, 1.82) is 0 Å². The van der Waals surface area contributed by atoms with Gasteiger partial charge in [0.05, 0.1) is 10.5 Å². The summed E-state index contributed by atoms with van der Waals surface area (Å²) in [6.45, 7) is 1.60. The number of nitrogens with zero attached hydrogens (tertiary/aromatic N) is 2. The third-order valence-corrected chi connectivity index (χ3v) is 10.0. The summed E-state index contributed by atoms with van der Waals surface area (Å²) in [6, 6.07) is 16.7. The van der Waals surface area contributed by atoms with Crippen LogP contribution in [0.1, 0.15) is 22.6 Å². The van der Waals surface area contributed by atoms with E-state index in [1.165, 1.54) is 12.1 Å². The molecule has 0 spiro atoms. The predicted octanol–water partition coefficient (Wildman–Crippen LogP) is 6.70. The molecule has 0 N–H and O–H groups in total. The van der Waals surface area contributed by atoms with Gasteiger partial charge in [0.15, 0.2) is 0 Å². The molecule has 0 aliphatic carbocycles. The van der Waals surface area contributed by atoms with Gasteiger partial charge >= 0.3 is 6.18 Å². The quantitative estimate of drug-likeness (QED) is 0.250. The van der Waals surface area contributed by atoms with Crippen LogP contribution >= 0.6 is 11.6 Å². The number of sulfonamides is 1. The van der Waals surface area contributed by atoms with Gasteiger partial charge in [-0.2, -0.15) is 17.5 Å². The van der Waals surface area contributed by atoms with Gasteiger partial charge in [-0.3, -0.25) is 4.90 Å². The Morgan fingerprint density at radius 3 is 2.33 bits per heavy atom. The monoisotopic (exact) mass is 578 g/mol. The van der Waals surface area contributed by atoms with Gasteiger partial charge in [-0.1, -0.05) is 72.3 Å². The Bertz CT molecular complexity index is 1490. The number of rotatable bonds is 5. The third kappa shape index (κ3) is 5.13. The van der Waals surface area contributed by atoms with Gasteiger partial charge in [-0.25, -0.2) is 12.8 Å². The van der Waals surface area contributed by atoms with E-state index >= 15 is 0 Å². The van der Waals surface area contributed by atoms with Crippen LogP contribution in [0.2, 0.25) is 5.02 Å². The molecule has 0 bridgehead atoms. The molecule has 3 atom stereocenters. The highest BCUT2D eigenvalue weighted by Crippen LogP contribution is 2.43. The molecule has 2 aliphatic heterocycles. The minimum absolute atomic E-state index is 0.0603. The van der Waals surface area contributed by atoms with Crippen LogP contribution in [-0.2, 0) is 16.2 Å². The molecule has 206 valence electrons. The SMILES string of the molecule is Cc1c(Cl)cccc1-c1ccc(C2[C@@H](CF)N3C/C=C\CN(S(=O)(=O)c4ccccc4C(F)(F)F)C[C@@H]23)cc1. The Labute approximate surface area is 230 Å². The maximum atomic E-state index is 14.3. The van der Waals surface area contributed by atoms with Gasteiger partial charge in [0.25, 0.3) is 0 Å². The first-order valence-electron chi connectivity index (χ1n) is 12.5. The van der Waals surface area contributed by atoms with Gasteiger partial charge in [-0.05, 0) is 47.4 Å². The zero-order chi connectivity index (χ0) is 27.9. The van der Waals surface area contributed by atoms with Crippen LogP contribution in [0.5, 0.6) is 0 Å². The zero-order valence-electron chi connectivity index (χ0n) is 21.1. The van der Waals surface area contributed by atoms with Crippen molar-refractivity contribution in [2.45, 2.75) is 36.0 Å². The molecule has 3 aromatic carbocycles. The van der Waals surface area contributed by atoms with Crippen LogP contribution in [0.4, 0.5) is 17.6 Å². The Hall–Kier alpha value is -2.72. The summed E-state index contributed by atoms with van der Waals surface area (Å²) in [5.74, 6) is -0.327. The molecule has 10 heteroatoms. The molecule has 5 rings (SSSR count). The molecule has 4 nitrogen and oxygen atoms in total. The molecule has 0 aromatic heterocycles. The second-order valence-electron chi connectivity index (χ2n) is 9.83. The Morgan fingerprint density at radius 2 is 1.64 bits per heavy atom. The second kappa shape index (κ2) is 10.7. The van der Waals surface area contributed by atoms with Crippen molar-refractivity contribution >= 4 is 21.6 Å². The second-order valence-corrected chi connectivity index (χ2v) is 12.1. The topological polar surface area (TPSA) is 40.6 Å². The number of fused-ring (bicyclic) bond motifs is 1. The van der Waals surface area contributed by atoms with Gasteiger partial charge in [0, 0.05) is 42.7 Å². The Balaban J connectivity index is 1.47. The average molecular weight is 579 g/mol. The lowest BCUT2D eigenvalue weighted by molar-refractivity contribution is -0.139. The fourth-order valence-corrected chi connectivity index (χ4v) is 7.47. The van der Waals surface area contributed by atoms with Crippen molar-refractivity contribution in [1.82, 2.24) is 9.21 Å². The number of alkyl halides is 4. The molecule has 2 aliphatic rings. The fourth-order valence-electron chi connectivity index (χ4n) is 5.67. The molecule has 1 fully saturated rings. The average Bonchev–Trinajstić information content (AvgIpc) is 2.89. The van der Waals surface area contributed by atoms with E-state index in [0.29, 0.717) is 11.6 Å². The summed E-state index contributed by atoms with van der Waals surface area (Å²) in [7, 11) is -4.49. The predicted molar refractivity (Wildman–Crippen MR) is 144 cm³/mol. The lowest BCUT2D eigenvalue weighted by atomic mass is 9.74. The lowest BCUT2D eigenvalue weighted by Gasteiger charge is -2.56. The van der Waals surface area contributed by atoms with Crippen molar-refractivity contribution in [3.63, 3.8) is 0 Å². The standard InChI is InChI=1S/C29H27ClF4N2O2S/c1-19-22(7-6-9-24(19)30)20-11-13-21(14-12-20)28-25(17-31)36-16-5-4-15-35(18-26(28)36)39(37,38)27-10-3-2-8-23(27)29(32,33)34/h2-14,25-26,28H,15-18H2,1H3/b5-4-/t25-,26+,28?/m1/s1. The molecule has 2 heterocycles. The van der Waals surface area contributed by atoms with E-state index in [9.17, 15) is 26.0 Å². The summed E-state index contributed by atoms with van der Waals surface area (Å²) >= 11 is 6.28. The normalized spacial score (nSPS) is 23.4. The van der Waals surface area contributed by atoms with Gasteiger partial charge in [0.1, 0.15) is 6.67 Å². The lowest BCUT2D eigenvalue weighted by Crippen LogP contribution is -2.67. The highest BCUT2D eigenvalue weighted by molar-refractivity contribution is 7.89. The summed E-state index contributed by atoms with van der Waals surface area (Å²) < 4.78 is 83.4. The van der Waals surface area contributed by atoms with Crippen molar-refractivity contribution in [2.75, 3.05) is 26.3 Å². The summed E-state index contributed by atoms with van der Waals surface area (Å²) in [5, 5.41) is 0.652. The first-order valence-corrected chi connectivity index (χ1v) is 14.3. The van der Waals surface area contributed by atoms with Crippen molar-refractivity contribution < 1.29 is 26.0 Å². The van der Waals surface area contributed by atoms with E-state index < -0.39 is 45.4 Å². The Kier molecular flexibility index (Phi) is 7.63. The van der Waals surface area contributed by atoms with Crippen molar-refractivity contribution in [3.8, 4) is 11.1 Å². The van der Waals surface area contributed by atoms with E-state index in [0.717, 1.165) is 38.7 Å². The summed E-state index contributed by atoms with van der Waals surface area (Å²) in [6.07, 6.45) is -1.47. The van der Waals surface area contributed by atoms with E-state index in [-0.39, 0.29) is 19.0 Å². The number of hydrogen-bond donors (Lipinski definition) is 0. The van der Waals surface area contributed by atoms with Crippen molar-refractivity contribution in [3.05, 3.63) is 101 Å². The third-order valence-electron chi connectivity index (χ3n) is 7.71. The van der Waals surface area contributed by atoms with E-state index in [4.69, 9.17) is 11.6 Å². The molecule has 1 saturated heterocycles. The van der Waals surface area contributed by atoms with E-state index in [1.807, 2.05) is 54.3 Å². The highest BCUT2D eigenvalue weighted by atomic mass is 35.5. The molecular formula is C29H27ClF4N2O2S. The molecule has 3 aromatic rings. The molecule has 0 radical (unpaired) electrons. The molecule has 0 amide bonds. The van der Waals surface area contributed by atoms with Crippen LogP contribution in [0.15, 0.2) is 83.8 Å². The maximum absolute atomic E-state index is 14.3. The molecular weight excluding hydrogens is 552 g/mol. The maximum Gasteiger partial charge on any atom is 0.417 e. The number of halogens is 5. The van der Waals surface area contributed by atoms with Crippen LogP contribution in [0, 0.1) is 6.92 Å². The van der Waals surface area contributed by atoms with E-state index in [2.05, 4.69) is 0 Å². The number of benzene rings is 3. The van der Waals surface area contributed by atoms with Gasteiger partial charge in [0.2, 0.25) is 10.0 Å². The van der Waals surface area contributed by atoms with Crippen LogP contribution < -0.4 is 0 Å². The van der Waals surface area contributed by atoms with Gasteiger partial charge in [-0.15, -0.1) is 0 Å². The Morgan fingerprint density at radius 1 is 0.949 bits per heavy atom. The van der Waals surface area contributed by atoms with Gasteiger partial charge < -0.3 is 0 Å². The largest absolute Gasteiger partial charge is 0.417 e. The zero-order valence-corrected chi connectivity index (χ0v) is 22.6. The van der Waals surface area contributed by atoms with Crippen LogP contribution in [0.25, 0.3) is 11.1 Å².